The summed E-state index contributed by atoms with van der Waals surface area (Å²) in [6.07, 6.45) is 23.9. The lowest BCUT2D eigenvalue weighted by molar-refractivity contribution is -0.125. The number of rotatable bonds is 10. The molecular formula is C34H53NO2. The first-order valence-electron chi connectivity index (χ1n) is 15.2. The van der Waals surface area contributed by atoms with Gasteiger partial charge in [0, 0.05) is 35.6 Å². The maximum atomic E-state index is 13.9. The summed E-state index contributed by atoms with van der Waals surface area (Å²) in [7, 11) is 0. The van der Waals surface area contributed by atoms with Crippen LogP contribution in [-0.4, -0.2) is 23.5 Å². The van der Waals surface area contributed by atoms with E-state index in [-0.39, 0.29) is 29.9 Å². The SMILES string of the molecule is CC.CC=C1C2=C(NC(CC3(CO)CC=CC3)C2CC2=CCCC=C2)C(CCC(C)C)C(=O)C1CCC. The Morgan fingerprint density at radius 2 is 1.84 bits per heavy atom. The largest absolute Gasteiger partial charge is 0.396 e. The summed E-state index contributed by atoms with van der Waals surface area (Å²) in [6, 6.07) is 0.257. The topological polar surface area (TPSA) is 49.3 Å². The highest BCUT2D eigenvalue weighted by Crippen LogP contribution is 2.51. The van der Waals surface area contributed by atoms with Gasteiger partial charge in [0.2, 0.25) is 0 Å². The molecular weight excluding hydrogens is 454 g/mol. The molecule has 0 fully saturated rings. The van der Waals surface area contributed by atoms with E-state index in [1.165, 1.54) is 22.4 Å². The first kappa shape index (κ1) is 29.7. The Morgan fingerprint density at radius 3 is 2.41 bits per heavy atom. The maximum Gasteiger partial charge on any atom is 0.149 e. The molecule has 0 amide bonds. The lowest BCUT2D eigenvalue weighted by Gasteiger charge is -2.35. The molecule has 4 rings (SSSR count). The molecule has 2 N–H and O–H groups in total. The Labute approximate surface area is 227 Å². The lowest BCUT2D eigenvalue weighted by atomic mass is 9.67. The van der Waals surface area contributed by atoms with Crippen LogP contribution < -0.4 is 5.32 Å². The number of aliphatic hydroxyl groups is 1. The maximum absolute atomic E-state index is 13.9. The van der Waals surface area contributed by atoms with Gasteiger partial charge >= 0.3 is 0 Å². The third-order valence-electron chi connectivity index (χ3n) is 8.91. The Kier molecular flexibility index (Phi) is 11.1. The number of carbonyl (C=O) groups excluding carboxylic acids is 1. The second kappa shape index (κ2) is 13.8. The monoisotopic (exact) mass is 507 g/mol. The van der Waals surface area contributed by atoms with E-state index in [1.807, 2.05) is 13.8 Å². The van der Waals surface area contributed by atoms with Crippen molar-refractivity contribution in [3.63, 3.8) is 0 Å². The van der Waals surface area contributed by atoms with Crippen LogP contribution in [-0.2, 0) is 4.79 Å². The van der Waals surface area contributed by atoms with Gasteiger partial charge in [0.1, 0.15) is 5.78 Å². The molecule has 1 heterocycles. The molecule has 0 radical (unpaired) electrons. The molecule has 0 saturated heterocycles. The van der Waals surface area contributed by atoms with Crippen molar-refractivity contribution < 1.29 is 9.90 Å². The van der Waals surface area contributed by atoms with E-state index in [0.29, 0.717) is 17.6 Å². The molecule has 0 aromatic rings. The van der Waals surface area contributed by atoms with Crippen LogP contribution in [0.15, 0.2) is 58.9 Å². The number of hydrogen-bond donors (Lipinski definition) is 2. The fraction of sp³-hybridized carbons (Fsp3) is 0.676. The normalized spacial score (nSPS) is 29.4. The zero-order valence-electron chi connectivity index (χ0n) is 24.5. The number of Topliss-reactive ketones (excluding diaryl/α,β-unsaturated/α-hetero) is 1. The Bertz CT molecular complexity index is 923. The van der Waals surface area contributed by atoms with Crippen molar-refractivity contribution in [2.45, 2.75) is 112 Å². The molecule has 4 aliphatic rings. The van der Waals surface area contributed by atoms with Crippen molar-refractivity contribution >= 4 is 5.78 Å². The van der Waals surface area contributed by atoms with Crippen LogP contribution in [0.4, 0.5) is 0 Å². The molecule has 4 atom stereocenters. The lowest BCUT2D eigenvalue weighted by Crippen LogP contribution is -2.39. The fourth-order valence-corrected chi connectivity index (χ4v) is 6.98. The highest BCUT2D eigenvalue weighted by atomic mass is 16.3. The Morgan fingerprint density at radius 1 is 1.11 bits per heavy atom. The van der Waals surface area contributed by atoms with E-state index < -0.39 is 0 Å². The molecule has 3 aliphatic carbocycles. The van der Waals surface area contributed by atoms with Crippen molar-refractivity contribution in [1.29, 1.82) is 0 Å². The minimum atomic E-state index is -0.0718. The van der Waals surface area contributed by atoms with Gasteiger partial charge in [-0.25, -0.2) is 0 Å². The number of hydrogen-bond acceptors (Lipinski definition) is 3. The van der Waals surface area contributed by atoms with Crippen LogP contribution in [0.5, 0.6) is 0 Å². The Hall–Kier alpha value is -1.87. The summed E-state index contributed by atoms with van der Waals surface area (Å²) in [5.74, 6) is 1.39. The van der Waals surface area contributed by atoms with Gasteiger partial charge < -0.3 is 10.4 Å². The summed E-state index contributed by atoms with van der Waals surface area (Å²) >= 11 is 0. The van der Waals surface area contributed by atoms with Crippen molar-refractivity contribution in [3.8, 4) is 0 Å². The molecule has 0 aromatic heterocycles. The zero-order chi connectivity index (χ0) is 27.0. The van der Waals surface area contributed by atoms with Crippen molar-refractivity contribution in [1.82, 2.24) is 5.32 Å². The average Bonchev–Trinajstić information content (AvgIpc) is 3.52. The van der Waals surface area contributed by atoms with Gasteiger partial charge in [0.15, 0.2) is 0 Å². The quantitative estimate of drug-likeness (QED) is 0.293. The first-order valence-corrected chi connectivity index (χ1v) is 15.2. The summed E-state index contributed by atoms with van der Waals surface area (Å²) in [5, 5.41) is 14.4. The molecule has 37 heavy (non-hydrogen) atoms. The minimum Gasteiger partial charge on any atom is -0.396 e. The van der Waals surface area contributed by atoms with E-state index in [1.54, 1.807) is 0 Å². The molecule has 1 aliphatic heterocycles. The third-order valence-corrected chi connectivity index (χ3v) is 8.91. The molecule has 0 aromatic carbocycles. The van der Waals surface area contributed by atoms with Gasteiger partial charge in [-0.2, -0.15) is 0 Å². The van der Waals surface area contributed by atoms with Crippen LogP contribution >= 0.6 is 0 Å². The van der Waals surface area contributed by atoms with Crippen LogP contribution in [0.25, 0.3) is 0 Å². The third kappa shape index (κ3) is 6.59. The number of ketones is 1. The summed E-state index contributed by atoms with van der Waals surface area (Å²) in [4.78, 5) is 13.9. The van der Waals surface area contributed by atoms with E-state index in [9.17, 15) is 9.90 Å². The van der Waals surface area contributed by atoms with Gasteiger partial charge in [-0.1, -0.05) is 83.1 Å². The van der Waals surface area contributed by atoms with E-state index in [2.05, 4.69) is 69.5 Å². The van der Waals surface area contributed by atoms with Crippen molar-refractivity contribution in [2.24, 2.45) is 29.1 Å². The second-order valence-electron chi connectivity index (χ2n) is 11.9. The fourth-order valence-electron chi connectivity index (χ4n) is 6.98. The number of allylic oxidation sites excluding steroid dienone is 9. The van der Waals surface area contributed by atoms with Crippen molar-refractivity contribution in [2.75, 3.05) is 6.61 Å². The highest BCUT2D eigenvalue weighted by Gasteiger charge is 2.49. The number of nitrogens with one attached hydrogen (secondary N) is 1. The molecule has 0 spiro atoms. The molecule has 3 nitrogen and oxygen atoms in total. The van der Waals surface area contributed by atoms with Crippen LogP contribution in [0.3, 0.4) is 0 Å². The van der Waals surface area contributed by atoms with Gasteiger partial charge in [-0.05, 0) is 81.8 Å². The summed E-state index contributed by atoms with van der Waals surface area (Å²) in [5.41, 5.74) is 5.32. The predicted octanol–water partition coefficient (Wildman–Crippen LogP) is 8.24. The van der Waals surface area contributed by atoms with E-state index in [4.69, 9.17) is 0 Å². The molecule has 4 unspecified atom stereocenters. The molecule has 0 saturated carbocycles. The summed E-state index contributed by atoms with van der Waals surface area (Å²) < 4.78 is 0. The van der Waals surface area contributed by atoms with Gasteiger partial charge in [0.25, 0.3) is 0 Å². The predicted molar refractivity (Wildman–Crippen MR) is 157 cm³/mol. The average molecular weight is 508 g/mol. The second-order valence-corrected chi connectivity index (χ2v) is 11.9. The summed E-state index contributed by atoms with van der Waals surface area (Å²) in [6.45, 7) is 13.1. The van der Waals surface area contributed by atoms with E-state index >= 15 is 0 Å². The molecule has 0 bridgehead atoms. The molecule has 206 valence electrons. The van der Waals surface area contributed by atoms with Gasteiger partial charge in [0.05, 0.1) is 5.92 Å². The van der Waals surface area contributed by atoms with Crippen LogP contribution in [0.2, 0.25) is 0 Å². The van der Waals surface area contributed by atoms with Crippen molar-refractivity contribution in [3.05, 3.63) is 58.9 Å². The number of aliphatic hydroxyl groups excluding tert-OH is 1. The molecule has 3 heteroatoms. The number of carbonyl (C=O) groups is 1. The minimum absolute atomic E-state index is 0.0113. The van der Waals surface area contributed by atoms with Crippen LogP contribution in [0.1, 0.15) is 106 Å². The van der Waals surface area contributed by atoms with Crippen LogP contribution in [0, 0.1) is 29.1 Å². The standard InChI is InChI=1S/C32H47NO2.C2H6/c1-5-12-25-24(6-2)29-27(19-23-13-8-7-9-14-23)28(20-32(21-34)17-10-11-18-32)33-30(29)26(31(25)35)16-15-22(3)4;1-2/h6,8,10-11,13-14,22,25-28,33-34H,5,7,9,12,15-21H2,1-4H3;1-2H3. The first-order chi connectivity index (χ1) is 17.9. The zero-order valence-corrected chi connectivity index (χ0v) is 24.5. The van der Waals surface area contributed by atoms with E-state index in [0.717, 1.165) is 64.2 Å². The Balaban J connectivity index is 0.00000186. The smallest absolute Gasteiger partial charge is 0.149 e. The highest BCUT2D eigenvalue weighted by molar-refractivity contribution is 5.92. The van der Waals surface area contributed by atoms with Gasteiger partial charge in [-0.3, -0.25) is 4.79 Å². The van der Waals surface area contributed by atoms with Gasteiger partial charge in [-0.15, -0.1) is 0 Å².